The molecular weight excluding hydrogens is 477 g/mol. The highest BCUT2D eigenvalue weighted by molar-refractivity contribution is 5.94. The molecule has 3 aromatic rings. The van der Waals surface area contributed by atoms with E-state index in [4.69, 9.17) is 4.74 Å². The van der Waals surface area contributed by atoms with Crippen molar-refractivity contribution in [3.63, 3.8) is 0 Å². The van der Waals surface area contributed by atoms with Crippen LogP contribution in [0.3, 0.4) is 0 Å². The van der Waals surface area contributed by atoms with E-state index in [-0.39, 0.29) is 42.1 Å². The predicted molar refractivity (Wildman–Crippen MR) is 125 cm³/mol. The van der Waals surface area contributed by atoms with Crippen LogP contribution in [-0.2, 0) is 15.7 Å². The van der Waals surface area contributed by atoms with Gasteiger partial charge in [-0.25, -0.2) is 9.97 Å². The van der Waals surface area contributed by atoms with Gasteiger partial charge in [0.15, 0.2) is 0 Å². The number of aliphatic hydroxyl groups is 1. The number of amides is 1. The van der Waals surface area contributed by atoms with Gasteiger partial charge < -0.3 is 20.1 Å². The number of aromatic nitrogens is 4. The zero-order chi connectivity index (χ0) is 25.3. The molecule has 0 radical (unpaired) electrons. The first-order valence-corrected chi connectivity index (χ1v) is 11.7. The number of β-amino-alcohol motifs (C(OH)–C–C–N with tert-alkyl or cyclic N) is 1. The van der Waals surface area contributed by atoms with Crippen molar-refractivity contribution < 1.29 is 27.8 Å². The number of halogens is 3. The molecule has 1 unspecified atom stereocenters. The van der Waals surface area contributed by atoms with Crippen molar-refractivity contribution >= 4 is 23.2 Å². The number of benzene rings is 1. The largest absolute Gasteiger partial charge is 0.419 e. The molecule has 12 heteroatoms. The number of ether oxygens (including phenoxy) is 1. The van der Waals surface area contributed by atoms with Crippen LogP contribution in [-0.4, -0.2) is 56.6 Å². The lowest BCUT2D eigenvalue weighted by atomic mass is 10.1. The number of hydrogen-bond donors (Lipinski definition) is 2. The molecule has 1 aromatic carbocycles. The van der Waals surface area contributed by atoms with Gasteiger partial charge in [-0.1, -0.05) is 0 Å². The van der Waals surface area contributed by atoms with Crippen molar-refractivity contribution in [1.82, 2.24) is 19.7 Å². The molecule has 0 bridgehead atoms. The van der Waals surface area contributed by atoms with Gasteiger partial charge in [0, 0.05) is 49.0 Å². The van der Waals surface area contributed by atoms with Gasteiger partial charge in [0.05, 0.1) is 30.6 Å². The highest BCUT2D eigenvalue weighted by Crippen LogP contribution is 2.37. The van der Waals surface area contributed by atoms with Gasteiger partial charge in [0.2, 0.25) is 11.9 Å². The zero-order valence-electron chi connectivity index (χ0n) is 19.3. The molecule has 9 nitrogen and oxygen atoms in total. The monoisotopic (exact) mass is 502 g/mol. The van der Waals surface area contributed by atoms with Gasteiger partial charge in [-0.2, -0.15) is 18.3 Å². The third-order valence-corrected chi connectivity index (χ3v) is 6.35. The fourth-order valence-corrected chi connectivity index (χ4v) is 4.41. The van der Waals surface area contributed by atoms with Crippen LogP contribution in [0.1, 0.15) is 37.3 Å². The normalized spacial score (nSPS) is 19.5. The Bertz CT molecular complexity index is 1220. The second kappa shape index (κ2) is 9.86. The van der Waals surface area contributed by atoms with Crippen LogP contribution in [0.4, 0.5) is 30.5 Å². The number of hydrogen-bond acceptors (Lipinski definition) is 7. The summed E-state index contributed by atoms with van der Waals surface area (Å²) in [6.07, 6.45) is 0.705. The third-order valence-electron chi connectivity index (χ3n) is 6.35. The summed E-state index contributed by atoms with van der Waals surface area (Å²) in [5, 5.41) is 17.1. The highest BCUT2D eigenvalue weighted by Gasteiger charge is 2.36. The second-order valence-electron chi connectivity index (χ2n) is 8.87. The number of nitrogens with zero attached hydrogens (tertiary/aromatic N) is 5. The summed E-state index contributed by atoms with van der Waals surface area (Å²) in [6, 6.07) is 6.80. The van der Waals surface area contributed by atoms with Crippen molar-refractivity contribution in [2.75, 3.05) is 30.0 Å². The minimum Gasteiger partial charge on any atom is -0.391 e. The summed E-state index contributed by atoms with van der Waals surface area (Å²) in [6.45, 7) is 1.39. The molecule has 0 saturated carbocycles. The quantitative estimate of drug-likeness (QED) is 0.545. The number of carbonyl (C=O) groups is 1. The summed E-state index contributed by atoms with van der Waals surface area (Å²) >= 11 is 0. The SMILES string of the molecule is O=C1CCC(O)CN1c1ccc(Nc2ncc(C(F)(F)F)c(-c3cnn(C4CCOCC4)c3)n2)cc1. The Morgan fingerprint density at radius 2 is 1.83 bits per heavy atom. The van der Waals surface area contributed by atoms with Crippen LogP contribution in [0.2, 0.25) is 0 Å². The predicted octanol–water partition coefficient (Wildman–Crippen LogP) is 3.94. The lowest BCUT2D eigenvalue weighted by Crippen LogP contribution is -2.42. The second-order valence-corrected chi connectivity index (χ2v) is 8.87. The number of rotatable bonds is 5. The smallest absolute Gasteiger partial charge is 0.391 e. The van der Waals surface area contributed by atoms with E-state index in [1.807, 2.05) is 0 Å². The average Bonchev–Trinajstić information content (AvgIpc) is 3.36. The Hall–Kier alpha value is -3.51. The molecule has 4 heterocycles. The molecule has 0 spiro atoms. The van der Waals surface area contributed by atoms with Crippen LogP contribution in [0.25, 0.3) is 11.3 Å². The molecule has 2 aliphatic rings. The van der Waals surface area contributed by atoms with Crippen LogP contribution in [0, 0.1) is 0 Å². The van der Waals surface area contributed by atoms with E-state index in [0.29, 0.717) is 31.0 Å². The van der Waals surface area contributed by atoms with E-state index in [9.17, 15) is 23.1 Å². The fraction of sp³-hybridized carbons (Fsp3) is 0.417. The van der Waals surface area contributed by atoms with Gasteiger partial charge in [0.1, 0.15) is 5.56 Å². The van der Waals surface area contributed by atoms with Crippen molar-refractivity contribution in [1.29, 1.82) is 0 Å². The zero-order valence-corrected chi connectivity index (χ0v) is 19.3. The Kier molecular flexibility index (Phi) is 6.63. The van der Waals surface area contributed by atoms with Crippen molar-refractivity contribution in [3.8, 4) is 11.3 Å². The molecule has 2 saturated heterocycles. The maximum atomic E-state index is 13.7. The minimum absolute atomic E-state index is 0.00552. The topological polar surface area (TPSA) is 105 Å². The summed E-state index contributed by atoms with van der Waals surface area (Å²) in [5.74, 6) is -0.0768. The van der Waals surface area contributed by atoms with E-state index < -0.39 is 17.8 Å². The summed E-state index contributed by atoms with van der Waals surface area (Å²) in [4.78, 5) is 21.7. The Morgan fingerprint density at radius 3 is 2.56 bits per heavy atom. The average molecular weight is 502 g/mol. The van der Waals surface area contributed by atoms with E-state index in [1.165, 1.54) is 11.1 Å². The molecule has 5 rings (SSSR count). The van der Waals surface area contributed by atoms with E-state index in [0.717, 1.165) is 19.0 Å². The van der Waals surface area contributed by atoms with Gasteiger partial charge in [-0.15, -0.1) is 0 Å². The first kappa shape index (κ1) is 24.2. The molecule has 1 atom stereocenters. The van der Waals surface area contributed by atoms with E-state index in [2.05, 4.69) is 20.4 Å². The van der Waals surface area contributed by atoms with Crippen LogP contribution < -0.4 is 10.2 Å². The summed E-state index contributed by atoms with van der Waals surface area (Å²) in [5.41, 5.74) is 0.197. The minimum atomic E-state index is -4.64. The Balaban J connectivity index is 1.39. The standard InChI is InChI=1S/C24H25F3N6O3/c25-24(26,27)20-12-28-23(31-22(20)15-11-29-33(13-15)18-7-9-36-10-8-18)30-16-1-3-17(4-2-16)32-14-19(34)5-6-21(32)35/h1-4,11-13,18-19,34H,5-10,14H2,(H,28,30,31). The summed E-state index contributed by atoms with van der Waals surface area (Å²) in [7, 11) is 0. The van der Waals surface area contributed by atoms with E-state index in [1.54, 1.807) is 35.1 Å². The fourth-order valence-electron chi connectivity index (χ4n) is 4.41. The number of alkyl halides is 3. The number of aliphatic hydroxyl groups excluding tert-OH is 1. The van der Waals surface area contributed by atoms with Crippen LogP contribution >= 0.6 is 0 Å². The van der Waals surface area contributed by atoms with Gasteiger partial charge >= 0.3 is 6.18 Å². The molecule has 190 valence electrons. The van der Waals surface area contributed by atoms with Crippen LogP contribution in [0.5, 0.6) is 0 Å². The Morgan fingerprint density at radius 1 is 1.08 bits per heavy atom. The number of piperidine rings is 1. The number of nitrogens with one attached hydrogen (secondary N) is 1. The van der Waals surface area contributed by atoms with Crippen LogP contribution in [0.15, 0.2) is 42.9 Å². The first-order chi connectivity index (χ1) is 17.3. The molecule has 2 aromatic heterocycles. The highest BCUT2D eigenvalue weighted by atomic mass is 19.4. The van der Waals surface area contributed by atoms with E-state index >= 15 is 0 Å². The van der Waals surface area contributed by atoms with Gasteiger partial charge in [0.25, 0.3) is 0 Å². The lowest BCUT2D eigenvalue weighted by Gasteiger charge is -2.30. The maximum Gasteiger partial charge on any atom is 0.419 e. The van der Waals surface area contributed by atoms with Crippen molar-refractivity contribution in [2.24, 2.45) is 0 Å². The Labute approximate surface area is 204 Å². The molecule has 2 aliphatic heterocycles. The lowest BCUT2D eigenvalue weighted by molar-refractivity contribution is -0.137. The molecular formula is C24H25F3N6O3. The summed E-state index contributed by atoms with van der Waals surface area (Å²) < 4.78 is 48.2. The van der Waals surface area contributed by atoms with Crippen molar-refractivity contribution in [3.05, 3.63) is 48.4 Å². The van der Waals surface area contributed by atoms with Crippen molar-refractivity contribution in [2.45, 2.75) is 44.0 Å². The number of carbonyl (C=O) groups excluding carboxylic acids is 1. The maximum absolute atomic E-state index is 13.7. The molecule has 2 N–H and O–H groups in total. The van der Waals surface area contributed by atoms with Gasteiger partial charge in [-0.05, 0) is 43.5 Å². The molecule has 0 aliphatic carbocycles. The molecule has 36 heavy (non-hydrogen) atoms. The van der Waals surface area contributed by atoms with Gasteiger partial charge in [-0.3, -0.25) is 9.48 Å². The first-order valence-electron chi connectivity index (χ1n) is 11.7. The number of anilines is 3. The molecule has 1 amide bonds. The third kappa shape index (κ3) is 5.19. The molecule has 2 fully saturated rings.